The number of likely N-dealkylation sites (tertiary alicyclic amines) is 1. The monoisotopic (exact) mass is 441 g/mol. The molecule has 32 heavy (non-hydrogen) atoms. The summed E-state index contributed by atoms with van der Waals surface area (Å²) >= 11 is 0. The zero-order chi connectivity index (χ0) is 22.8. The van der Waals surface area contributed by atoms with Crippen LogP contribution >= 0.6 is 0 Å². The number of amides is 1. The number of aliphatic hydroxyl groups is 1. The van der Waals surface area contributed by atoms with Crippen LogP contribution in [0.2, 0.25) is 0 Å². The number of carbonyl (C=O) groups excluding carboxylic acids is 1. The molecule has 2 aliphatic rings. The van der Waals surface area contributed by atoms with E-state index in [4.69, 9.17) is 9.47 Å². The van der Waals surface area contributed by atoms with Crippen LogP contribution in [0.15, 0.2) is 36.4 Å². The van der Waals surface area contributed by atoms with Crippen molar-refractivity contribution in [2.45, 2.75) is 44.8 Å². The molecule has 1 fully saturated rings. The molecule has 0 aliphatic carbocycles. The number of carbonyl (C=O) groups is 1. The normalized spacial score (nSPS) is 17.4. The summed E-state index contributed by atoms with van der Waals surface area (Å²) in [5, 5.41) is 24.7. The van der Waals surface area contributed by atoms with Crippen LogP contribution in [-0.2, 0) is 4.79 Å². The summed E-state index contributed by atoms with van der Waals surface area (Å²) in [6, 6.07) is 9.50. The molecule has 1 atom stereocenters. The van der Waals surface area contributed by atoms with Gasteiger partial charge in [0.15, 0.2) is 11.5 Å². The standard InChI is InChI=1S/C23H27N3O6/c1-14(2)15-3-5-16(6-4-15)24-23(28)22(25-9-7-17(27)8-10-25)18-11-20-21(32-13-31-20)12-19(18)26(29)30/h3-6,11-12,14,17,22,27H,7-10,13H2,1-2H3,(H,24,28). The molecule has 0 bridgehead atoms. The van der Waals surface area contributed by atoms with E-state index >= 15 is 0 Å². The van der Waals surface area contributed by atoms with Crippen molar-refractivity contribution in [1.82, 2.24) is 4.90 Å². The molecule has 1 saturated heterocycles. The van der Waals surface area contributed by atoms with E-state index in [0.717, 1.165) is 5.56 Å². The van der Waals surface area contributed by atoms with Gasteiger partial charge in [0.1, 0.15) is 6.04 Å². The summed E-state index contributed by atoms with van der Waals surface area (Å²) in [4.78, 5) is 26.7. The van der Waals surface area contributed by atoms with E-state index in [2.05, 4.69) is 19.2 Å². The number of hydrogen-bond acceptors (Lipinski definition) is 7. The Hall–Kier alpha value is -3.17. The van der Waals surface area contributed by atoms with E-state index in [1.165, 1.54) is 12.1 Å². The van der Waals surface area contributed by atoms with Gasteiger partial charge in [-0.15, -0.1) is 0 Å². The lowest BCUT2D eigenvalue weighted by Crippen LogP contribution is -2.43. The van der Waals surface area contributed by atoms with E-state index in [1.807, 2.05) is 29.2 Å². The summed E-state index contributed by atoms with van der Waals surface area (Å²) in [5.41, 5.74) is 1.81. The number of nitro groups is 1. The van der Waals surface area contributed by atoms with Crippen molar-refractivity contribution in [3.63, 3.8) is 0 Å². The van der Waals surface area contributed by atoms with Crippen LogP contribution in [0.25, 0.3) is 0 Å². The molecular formula is C23H27N3O6. The highest BCUT2D eigenvalue weighted by Crippen LogP contribution is 2.42. The minimum atomic E-state index is -0.915. The number of piperidine rings is 1. The van der Waals surface area contributed by atoms with Gasteiger partial charge in [-0.3, -0.25) is 19.8 Å². The Morgan fingerprint density at radius 2 is 1.78 bits per heavy atom. The van der Waals surface area contributed by atoms with Gasteiger partial charge >= 0.3 is 0 Å². The van der Waals surface area contributed by atoms with Crippen molar-refractivity contribution in [1.29, 1.82) is 0 Å². The quantitative estimate of drug-likeness (QED) is 0.520. The van der Waals surface area contributed by atoms with E-state index < -0.39 is 17.1 Å². The molecule has 1 amide bonds. The third kappa shape index (κ3) is 4.53. The molecule has 2 heterocycles. The van der Waals surface area contributed by atoms with Gasteiger partial charge in [0.25, 0.3) is 5.69 Å². The minimum Gasteiger partial charge on any atom is -0.454 e. The van der Waals surface area contributed by atoms with Crippen LogP contribution < -0.4 is 14.8 Å². The fourth-order valence-corrected chi connectivity index (χ4v) is 4.13. The summed E-state index contributed by atoms with van der Waals surface area (Å²) in [6.45, 7) is 5.04. The molecule has 2 aromatic rings. The predicted molar refractivity (Wildman–Crippen MR) is 118 cm³/mol. The number of aliphatic hydroxyl groups excluding tert-OH is 1. The molecule has 0 spiro atoms. The van der Waals surface area contributed by atoms with Gasteiger partial charge in [0.2, 0.25) is 12.7 Å². The van der Waals surface area contributed by atoms with Gasteiger partial charge in [-0.05, 0) is 42.5 Å². The van der Waals surface area contributed by atoms with Crippen molar-refractivity contribution in [3.8, 4) is 11.5 Å². The largest absolute Gasteiger partial charge is 0.454 e. The summed E-state index contributed by atoms with van der Waals surface area (Å²) in [5.74, 6) is 0.656. The Balaban J connectivity index is 1.69. The Labute approximate surface area is 186 Å². The maximum Gasteiger partial charge on any atom is 0.278 e. The van der Waals surface area contributed by atoms with E-state index in [0.29, 0.717) is 43.3 Å². The molecule has 0 saturated carbocycles. The Kier molecular flexibility index (Phi) is 6.29. The first-order chi connectivity index (χ1) is 15.3. The van der Waals surface area contributed by atoms with Gasteiger partial charge in [-0.2, -0.15) is 0 Å². The molecule has 1 unspecified atom stereocenters. The molecule has 4 rings (SSSR count). The summed E-state index contributed by atoms with van der Waals surface area (Å²) in [7, 11) is 0. The highest BCUT2D eigenvalue weighted by molar-refractivity contribution is 5.96. The SMILES string of the molecule is CC(C)c1ccc(NC(=O)C(c2cc3c(cc2[N+](=O)[O-])OCO3)N2CCC(O)CC2)cc1. The third-order valence-electron chi connectivity index (χ3n) is 5.97. The second-order valence-electron chi connectivity index (χ2n) is 8.46. The zero-order valence-corrected chi connectivity index (χ0v) is 18.1. The maximum absolute atomic E-state index is 13.5. The third-order valence-corrected chi connectivity index (χ3v) is 5.97. The Morgan fingerprint density at radius 3 is 2.38 bits per heavy atom. The summed E-state index contributed by atoms with van der Waals surface area (Å²) < 4.78 is 10.7. The van der Waals surface area contributed by atoms with Crippen molar-refractivity contribution in [2.75, 3.05) is 25.2 Å². The molecule has 9 nitrogen and oxygen atoms in total. The van der Waals surface area contributed by atoms with Gasteiger partial charge in [-0.25, -0.2) is 0 Å². The van der Waals surface area contributed by atoms with Gasteiger partial charge in [0, 0.05) is 18.8 Å². The van der Waals surface area contributed by atoms with E-state index in [-0.39, 0.29) is 29.7 Å². The van der Waals surface area contributed by atoms with Crippen molar-refractivity contribution in [2.24, 2.45) is 0 Å². The number of nitrogens with one attached hydrogen (secondary N) is 1. The van der Waals surface area contributed by atoms with Crippen molar-refractivity contribution >= 4 is 17.3 Å². The van der Waals surface area contributed by atoms with Crippen LogP contribution in [0.4, 0.5) is 11.4 Å². The molecule has 2 aromatic carbocycles. The molecule has 9 heteroatoms. The predicted octanol–water partition coefficient (Wildman–Crippen LogP) is 3.58. The highest BCUT2D eigenvalue weighted by Gasteiger charge is 2.37. The highest BCUT2D eigenvalue weighted by atomic mass is 16.7. The first-order valence-corrected chi connectivity index (χ1v) is 10.7. The lowest BCUT2D eigenvalue weighted by atomic mass is 9.97. The molecular weight excluding hydrogens is 414 g/mol. The average molecular weight is 441 g/mol. The molecule has 2 aliphatic heterocycles. The van der Waals surface area contributed by atoms with Crippen LogP contribution in [0, 0.1) is 10.1 Å². The van der Waals surface area contributed by atoms with Crippen molar-refractivity contribution in [3.05, 3.63) is 57.6 Å². The number of nitro benzene ring substituents is 1. The minimum absolute atomic E-state index is 0.0229. The van der Waals surface area contributed by atoms with Crippen molar-refractivity contribution < 1.29 is 24.3 Å². The number of fused-ring (bicyclic) bond motifs is 1. The molecule has 0 aromatic heterocycles. The Bertz CT molecular complexity index is 1000. The Morgan fingerprint density at radius 1 is 1.16 bits per heavy atom. The molecule has 0 radical (unpaired) electrons. The average Bonchev–Trinajstić information content (AvgIpc) is 3.22. The topological polar surface area (TPSA) is 114 Å². The lowest BCUT2D eigenvalue weighted by molar-refractivity contribution is -0.386. The first-order valence-electron chi connectivity index (χ1n) is 10.7. The first kappa shape index (κ1) is 22.0. The van der Waals surface area contributed by atoms with Gasteiger partial charge < -0.3 is 19.9 Å². The second-order valence-corrected chi connectivity index (χ2v) is 8.46. The number of nitrogens with zero attached hydrogens (tertiary/aromatic N) is 2. The molecule has 170 valence electrons. The van der Waals surface area contributed by atoms with Gasteiger partial charge in [-0.1, -0.05) is 26.0 Å². The number of ether oxygens (including phenoxy) is 2. The van der Waals surface area contributed by atoms with E-state index in [9.17, 15) is 20.0 Å². The van der Waals surface area contributed by atoms with Crippen LogP contribution in [0.1, 0.15) is 49.8 Å². The number of anilines is 1. The maximum atomic E-state index is 13.5. The second kappa shape index (κ2) is 9.13. The van der Waals surface area contributed by atoms with Crippen LogP contribution in [0.3, 0.4) is 0 Å². The molecule has 2 N–H and O–H groups in total. The fourth-order valence-electron chi connectivity index (χ4n) is 4.13. The summed E-state index contributed by atoms with van der Waals surface area (Å²) in [6.07, 6.45) is 0.543. The smallest absolute Gasteiger partial charge is 0.278 e. The zero-order valence-electron chi connectivity index (χ0n) is 18.1. The van der Waals surface area contributed by atoms with Gasteiger partial charge in [0.05, 0.1) is 22.7 Å². The fraction of sp³-hybridized carbons (Fsp3) is 0.435. The lowest BCUT2D eigenvalue weighted by Gasteiger charge is -2.35. The van der Waals surface area contributed by atoms with Crippen LogP contribution in [-0.4, -0.2) is 46.8 Å². The van der Waals surface area contributed by atoms with Crippen LogP contribution in [0.5, 0.6) is 11.5 Å². The van der Waals surface area contributed by atoms with E-state index in [1.54, 1.807) is 0 Å². The number of rotatable bonds is 6. The number of hydrogen-bond donors (Lipinski definition) is 2. The number of benzene rings is 2.